The van der Waals surface area contributed by atoms with Gasteiger partial charge in [0.15, 0.2) is 0 Å². The van der Waals surface area contributed by atoms with Gasteiger partial charge in [0.1, 0.15) is 0 Å². The molecular weight excluding hydrogens is 196 g/mol. The van der Waals surface area contributed by atoms with Crippen LogP contribution in [0, 0.1) is 10.7 Å². The fourth-order valence-electron chi connectivity index (χ4n) is 2.28. The molecule has 14 heavy (non-hydrogen) atoms. The molecule has 0 amide bonds. The summed E-state index contributed by atoms with van der Waals surface area (Å²) in [4.78, 5) is 0. The maximum atomic E-state index is 5.12. The average Bonchev–Trinajstić information content (AvgIpc) is 2.46. The highest BCUT2D eigenvalue weighted by Gasteiger charge is 2.22. The first-order chi connectivity index (χ1) is 6.79. The van der Waals surface area contributed by atoms with Crippen LogP contribution in [-0.2, 0) is 0 Å². The van der Waals surface area contributed by atoms with Crippen LogP contribution in [0.2, 0.25) is 0 Å². The van der Waals surface area contributed by atoms with Crippen molar-refractivity contribution in [3.8, 4) is 0 Å². The van der Waals surface area contributed by atoms with E-state index in [2.05, 4.69) is 22.4 Å². The Morgan fingerprint density at radius 1 is 1.36 bits per heavy atom. The zero-order chi connectivity index (χ0) is 9.97. The fraction of sp³-hybridized carbons (Fsp3) is 0.889. The van der Waals surface area contributed by atoms with Crippen molar-refractivity contribution in [2.75, 3.05) is 0 Å². The molecule has 1 aromatic rings. The smallest absolute Gasteiger partial charge is 0.238 e. The summed E-state index contributed by atoms with van der Waals surface area (Å²) in [5.41, 5.74) is 0. The van der Waals surface area contributed by atoms with Crippen LogP contribution < -0.4 is 0 Å². The van der Waals surface area contributed by atoms with Crippen LogP contribution in [0.1, 0.15) is 45.1 Å². The topological polar surface area (TPSA) is 46.5 Å². The molecule has 0 saturated heterocycles. The van der Waals surface area contributed by atoms with Crippen LogP contribution in [-0.4, -0.2) is 20.2 Å². The average molecular weight is 212 g/mol. The fourth-order valence-corrected chi connectivity index (χ4v) is 2.49. The lowest BCUT2D eigenvalue weighted by atomic mass is 9.97. The summed E-state index contributed by atoms with van der Waals surface area (Å²) in [5, 5.41) is 10.5. The molecule has 4 nitrogen and oxygen atoms in total. The molecule has 2 rings (SSSR count). The molecule has 0 aromatic carbocycles. The lowest BCUT2D eigenvalue weighted by molar-refractivity contribution is 0.301. The molecule has 0 spiro atoms. The standard InChI is InChI=1S/C9H16N4S/c1-7-5-3-2-4-6-8(7)13-9(14)10-11-12-13/h7-8H,2-6H2,1H3,(H,10,12,14). The zero-order valence-corrected chi connectivity index (χ0v) is 9.26. The van der Waals surface area contributed by atoms with Crippen molar-refractivity contribution in [1.82, 2.24) is 20.2 Å². The van der Waals surface area contributed by atoms with E-state index in [1.54, 1.807) is 0 Å². The molecule has 2 atom stereocenters. The third-order valence-corrected chi connectivity index (χ3v) is 3.42. The second-order valence-corrected chi connectivity index (χ2v) is 4.50. The molecule has 5 heteroatoms. The first-order valence-electron chi connectivity index (χ1n) is 5.28. The molecule has 1 fully saturated rings. The lowest BCUT2D eigenvalue weighted by Gasteiger charge is -2.21. The Morgan fingerprint density at radius 3 is 2.86 bits per heavy atom. The number of aromatic amines is 1. The van der Waals surface area contributed by atoms with Crippen molar-refractivity contribution in [2.24, 2.45) is 5.92 Å². The Balaban J connectivity index is 2.23. The minimum atomic E-state index is 0.472. The van der Waals surface area contributed by atoms with E-state index in [0.717, 1.165) is 0 Å². The van der Waals surface area contributed by atoms with Gasteiger partial charge in [-0.15, -0.1) is 0 Å². The van der Waals surface area contributed by atoms with Crippen molar-refractivity contribution >= 4 is 12.2 Å². The highest BCUT2D eigenvalue weighted by molar-refractivity contribution is 7.71. The van der Waals surface area contributed by atoms with E-state index < -0.39 is 0 Å². The largest absolute Gasteiger partial charge is 0.239 e. The van der Waals surface area contributed by atoms with E-state index in [0.29, 0.717) is 16.7 Å². The normalized spacial score (nSPS) is 28.6. The molecule has 2 unspecified atom stereocenters. The number of aromatic nitrogens is 4. The maximum absolute atomic E-state index is 5.12. The predicted octanol–water partition coefficient (Wildman–Crippen LogP) is 2.48. The number of nitrogens with zero attached hydrogens (tertiary/aromatic N) is 3. The first-order valence-corrected chi connectivity index (χ1v) is 5.69. The summed E-state index contributed by atoms with van der Waals surface area (Å²) in [6.07, 6.45) is 6.45. The van der Waals surface area contributed by atoms with Crippen LogP contribution in [0.25, 0.3) is 0 Å². The molecule has 1 aliphatic carbocycles. The van der Waals surface area contributed by atoms with Gasteiger partial charge in [0, 0.05) is 0 Å². The number of hydrogen-bond acceptors (Lipinski definition) is 3. The van der Waals surface area contributed by atoms with Crippen LogP contribution in [0.4, 0.5) is 0 Å². The van der Waals surface area contributed by atoms with Crippen molar-refractivity contribution in [3.05, 3.63) is 4.77 Å². The summed E-state index contributed by atoms with van der Waals surface area (Å²) >= 11 is 5.12. The molecule has 0 bridgehead atoms. The van der Waals surface area contributed by atoms with E-state index in [1.165, 1.54) is 32.1 Å². The van der Waals surface area contributed by atoms with Gasteiger partial charge in [-0.05, 0) is 31.0 Å². The van der Waals surface area contributed by atoms with Crippen LogP contribution >= 0.6 is 12.2 Å². The summed E-state index contributed by atoms with van der Waals surface area (Å²) < 4.78 is 2.54. The second-order valence-electron chi connectivity index (χ2n) is 4.14. The lowest BCUT2D eigenvalue weighted by Crippen LogP contribution is -2.17. The van der Waals surface area contributed by atoms with E-state index in [1.807, 2.05) is 4.68 Å². The van der Waals surface area contributed by atoms with Gasteiger partial charge < -0.3 is 0 Å². The Morgan fingerprint density at radius 2 is 2.14 bits per heavy atom. The molecule has 1 N–H and O–H groups in total. The van der Waals surface area contributed by atoms with E-state index in [9.17, 15) is 0 Å². The zero-order valence-electron chi connectivity index (χ0n) is 8.44. The van der Waals surface area contributed by atoms with Gasteiger partial charge in [0.2, 0.25) is 4.77 Å². The van der Waals surface area contributed by atoms with Gasteiger partial charge in [0.25, 0.3) is 0 Å². The molecule has 1 heterocycles. The van der Waals surface area contributed by atoms with Crippen LogP contribution in [0.5, 0.6) is 0 Å². The van der Waals surface area contributed by atoms with Gasteiger partial charge in [-0.1, -0.05) is 36.5 Å². The highest BCUT2D eigenvalue weighted by Crippen LogP contribution is 2.31. The van der Waals surface area contributed by atoms with Crippen LogP contribution in [0.15, 0.2) is 0 Å². The molecule has 1 aromatic heterocycles. The third-order valence-electron chi connectivity index (χ3n) is 3.14. The quantitative estimate of drug-likeness (QED) is 0.574. The minimum absolute atomic E-state index is 0.472. The molecule has 0 radical (unpaired) electrons. The molecule has 78 valence electrons. The van der Waals surface area contributed by atoms with Gasteiger partial charge in [-0.25, -0.2) is 4.68 Å². The van der Waals surface area contributed by atoms with Gasteiger partial charge in [0.05, 0.1) is 6.04 Å². The third kappa shape index (κ3) is 1.87. The summed E-state index contributed by atoms with van der Waals surface area (Å²) in [6, 6.07) is 0.472. The Bertz CT molecular complexity index is 343. The summed E-state index contributed by atoms with van der Waals surface area (Å²) in [5.74, 6) is 0.673. The van der Waals surface area contributed by atoms with Gasteiger partial charge in [-0.3, -0.25) is 0 Å². The summed E-state index contributed by atoms with van der Waals surface area (Å²) in [7, 11) is 0. The number of rotatable bonds is 1. The van der Waals surface area contributed by atoms with Crippen molar-refractivity contribution < 1.29 is 0 Å². The van der Waals surface area contributed by atoms with Crippen molar-refractivity contribution in [3.63, 3.8) is 0 Å². The SMILES string of the molecule is CC1CCCCCC1n1[nH]nnc1=S. The summed E-state index contributed by atoms with van der Waals surface area (Å²) in [6.45, 7) is 2.29. The van der Waals surface area contributed by atoms with E-state index >= 15 is 0 Å². The van der Waals surface area contributed by atoms with Crippen LogP contribution in [0.3, 0.4) is 0 Å². The highest BCUT2D eigenvalue weighted by atomic mass is 32.1. The molecular formula is C9H16N4S. The predicted molar refractivity (Wildman–Crippen MR) is 56.5 cm³/mol. The Hall–Kier alpha value is -0.710. The Labute approximate surface area is 88.7 Å². The van der Waals surface area contributed by atoms with Gasteiger partial charge in [-0.2, -0.15) is 5.21 Å². The monoisotopic (exact) mass is 212 g/mol. The minimum Gasteiger partial charge on any atom is -0.239 e. The number of tetrazole rings is 1. The molecule has 1 aliphatic rings. The first kappa shape index (κ1) is 9.83. The van der Waals surface area contributed by atoms with Gasteiger partial charge >= 0.3 is 0 Å². The second kappa shape index (κ2) is 4.21. The Kier molecular flexibility index (Phi) is 2.96. The maximum Gasteiger partial charge on any atom is 0.238 e. The number of nitrogens with one attached hydrogen (secondary N) is 1. The molecule has 1 saturated carbocycles. The van der Waals surface area contributed by atoms with E-state index in [-0.39, 0.29) is 0 Å². The number of H-pyrrole nitrogens is 1. The van der Waals surface area contributed by atoms with Crippen molar-refractivity contribution in [1.29, 1.82) is 0 Å². The number of hydrogen-bond donors (Lipinski definition) is 1. The van der Waals surface area contributed by atoms with E-state index in [4.69, 9.17) is 12.2 Å². The van der Waals surface area contributed by atoms with Crippen molar-refractivity contribution in [2.45, 2.75) is 45.1 Å². The molecule has 0 aliphatic heterocycles.